The van der Waals surface area contributed by atoms with Crippen LogP contribution in [0.3, 0.4) is 0 Å². The lowest BCUT2D eigenvalue weighted by molar-refractivity contribution is 0.0600. The van der Waals surface area contributed by atoms with Crippen LogP contribution in [-0.2, 0) is 17.7 Å². The highest BCUT2D eigenvalue weighted by Gasteiger charge is 2.21. The maximum atomic E-state index is 11.7. The SMILES string of the molecule is COC(=O)c1ccc(Cc2c(C)n(CCN3CCC(O)C3)c3ccccc23)cc1. The molecule has 3 aromatic rings. The number of β-amino-alcohol motifs (C(OH)–C–C–N with tert-alkyl or cyclic N) is 1. The molecule has 1 unspecified atom stereocenters. The van der Waals surface area contributed by atoms with Gasteiger partial charge in [-0.1, -0.05) is 30.3 Å². The summed E-state index contributed by atoms with van der Waals surface area (Å²) in [6.07, 6.45) is 1.52. The van der Waals surface area contributed by atoms with Crippen molar-refractivity contribution >= 4 is 16.9 Å². The molecule has 0 spiro atoms. The molecule has 1 saturated heterocycles. The molecule has 1 fully saturated rings. The Morgan fingerprint density at radius 1 is 1.14 bits per heavy atom. The van der Waals surface area contributed by atoms with Crippen LogP contribution in [-0.4, -0.2) is 53.4 Å². The Hall–Kier alpha value is -2.63. The Bertz CT molecular complexity index is 1010. The van der Waals surface area contributed by atoms with E-state index in [0.29, 0.717) is 5.56 Å². The number of benzene rings is 2. The van der Waals surface area contributed by atoms with Gasteiger partial charge in [0.1, 0.15) is 0 Å². The second kappa shape index (κ2) is 8.39. The Kier molecular flexibility index (Phi) is 5.69. The molecule has 4 rings (SSSR count). The van der Waals surface area contributed by atoms with Crippen molar-refractivity contribution in [2.75, 3.05) is 26.7 Å². The van der Waals surface area contributed by atoms with Gasteiger partial charge in [-0.05, 0) is 49.1 Å². The molecule has 5 heteroatoms. The number of hydrogen-bond acceptors (Lipinski definition) is 4. The van der Waals surface area contributed by atoms with Crippen molar-refractivity contribution in [1.82, 2.24) is 9.47 Å². The van der Waals surface area contributed by atoms with Crippen molar-refractivity contribution < 1.29 is 14.6 Å². The van der Waals surface area contributed by atoms with Gasteiger partial charge in [0.05, 0.1) is 18.8 Å². The normalized spacial score (nSPS) is 17.1. The van der Waals surface area contributed by atoms with Gasteiger partial charge in [-0.2, -0.15) is 0 Å². The van der Waals surface area contributed by atoms with E-state index in [1.807, 2.05) is 24.3 Å². The van der Waals surface area contributed by atoms with Gasteiger partial charge >= 0.3 is 5.97 Å². The molecule has 0 aliphatic carbocycles. The van der Waals surface area contributed by atoms with E-state index < -0.39 is 0 Å². The van der Waals surface area contributed by atoms with E-state index in [4.69, 9.17) is 4.74 Å². The molecule has 0 amide bonds. The Morgan fingerprint density at radius 2 is 1.90 bits per heavy atom. The summed E-state index contributed by atoms with van der Waals surface area (Å²) in [6.45, 7) is 5.80. The highest BCUT2D eigenvalue weighted by Crippen LogP contribution is 2.28. The minimum atomic E-state index is -0.309. The predicted molar refractivity (Wildman–Crippen MR) is 114 cm³/mol. The van der Waals surface area contributed by atoms with Crippen LogP contribution < -0.4 is 0 Å². The lowest BCUT2D eigenvalue weighted by Crippen LogP contribution is -2.26. The summed E-state index contributed by atoms with van der Waals surface area (Å²) in [5, 5.41) is 11.1. The van der Waals surface area contributed by atoms with Crippen LogP contribution in [0.1, 0.15) is 33.6 Å². The molecule has 5 nitrogen and oxygen atoms in total. The third-order valence-electron chi connectivity index (χ3n) is 6.00. The maximum Gasteiger partial charge on any atom is 0.337 e. The van der Waals surface area contributed by atoms with Crippen molar-refractivity contribution in [3.8, 4) is 0 Å². The number of carbonyl (C=O) groups is 1. The van der Waals surface area contributed by atoms with Gasteiger partial charge in [0.25, 0.3) is 0 Å². The van der Waals surface area contributed by atoms with Crippen molar-refractivity contribution in [3.63, 3.8) is 0 Å². The average molecular weight is 392 g/mol. The van der Waals surface area contributed by atoms with Gasteiger partial charge < -0.3 is 14.4 Å². The molecule has 1 atom stereocenters. The van der Waals surface area contributed by atoms with Gasteiger partial charge in [-0.15, -0.1) is 0 Å². The number of hydrogen-bond donors (Lipinski definition) is 1. The van der Waals surface area contributed by atoms with Gasteiger partial charge in [-0.25, -0.2) is 4.79 Å². The number of rotatable bonds is 6. The van der Waals surface area contributed by atoms with Crippen LogP contribution in [0.25, 0.3) is 10.9 Å². The van der Waals surface area contributed by atoms with Gasteiger partial charge in [0.2, 0.25) is 0 Å². The van der Waals surface area contributed by atoms with E-state index in [1.165, 1.54) is 34.8 Å². The number of aliphatic hydroxyl groups is 1. The molecule has 1 N–H and O–H groups in total. The fourth-order valence-electron chi connectivity index (χ4n) is 4.35. The zero-order chi connectivity index (χ0) is 20.4. The summed E-state index contributed by atoms with van der Waals surface area (Å²) in [5.74, 6) is -0.309. The van der Waals surface area contributed by atoms with Gasteiger partial charge in [-0.3, -0.25) is 4.90 Å². The van der Waals surface area contributed by atoms with Crippen LogP contribution in [0.4, 0.5) is 0 Å². The predicted octanol–water partition coefficient (Wildman–Crippen LogP) is 3.39. The first-order valence-electron chi connectivity index (χ1n) is 10.2. The Balaban J connectivity index is 1.59. The van der Waals surface area contributed by atoms with Crippen molar-refractivity contribution in [3.05, 3.63) is 70.9 Å². The quantitative estimate of drug-likeness (QED) is 0.654. The molecule has 0 saturated carbocycles. The highest BCUT2D eigenvalue weighted by atomic mass is 16.5. The van der Waals surface area contributed by atoms with Gasteiger partial charge in [0, 0.05) is 42.8 Å². The standard InChI is InChI=1S/C24H28N2O3/c1-17-22(15-18-7-9-19(10-8-18)24(28)29-2)21-5-3-4-6-23(21)26(17)14-13-25-12-11-20(27)16-25/h3-10,20,27H,11-16H2,1-2H3. The largest absolute Gasteiger partial charge is 0.465 e. The fourth-order valence-corrected chi connectivity index (χ4v) is 4.35. The number of likely N-dealkylation sites (tertiary alicyclic amines) is 1. The molecule has 29 heavy (non-hydrogen) atoms. The molecule has 152 valence electrons. The number of ether oxygens (including phenoxy) is 1. The number of esters is 1. The molecule has 0 radical (unpaired) electrons. The van der Waals surface area contributed by atoms with Crippen molar-refractivity contribution in [1.29, 1.82) is 0 Å². The molecular formula is C24H28N2O3. The summed E-state index contributed by atoms with van der Waals surface area (Å²) in [7, 11) is 1.40. The fraction of sp³-hybridized carbons (Fsp3) is 0.375. The molecule has 1 aliphatic rings. The highest BCUT2D eigenvalue weighted by molar-refractivity contribution is 5.89. The monoisotopic (exact) mass is 392 g/mol. The number of aromatic nitrogens is 1. The number of nitrogens with zero attached hydrogens (tertiary/aromatic N) is 2. The number of carbonyl (C=O) groups excluding carboxylic acids is 1. The average Bonchev–Trinajstić information content (AvgIpc) is 3.27. The lowest BCUT2D eigenvalue weighted by atomic mass is 10.0. The summed E-state index contributed by atoms with van der Waals surface area (Å²) in [5.41, 5.74) is 5.61. The summed E-state index contributed by atoms with van der Waals surface area (Å²) in [4.78, 5) is 14.0. The first-order chi connectivity index (χ1) is 14.1. The number of aliphatic hydroxyl groups excluding tert-OH is 1. The second-order valence-electron chi connectivity index (χ2n) is 7.84. The minimum absolute atomic E-state index is 0.180. The number of methoxy groups -OCH3 is 1. The summed E-state index contributed by atoms with van der Waals surface area (Å²) >= 11 is 0. The first-order valence-corrected chi connectivity index (χ1v) is 10.2. The van der Waals surface area contributed by atoms with E-state index in [-0.39, 0.29) is 12.1 Å². The Morgan fingerprint density at radius 3 is 2.59 bits per heavy atom. The number of fused-ring (bicyclic) bond motifs is 1. The molecular weight excluding hydrogens is 364 g/mol. The zero-order valence-corrected chi connectivity index (χ0v) is 17.1. The smallest absolute Gasteiger partial charge is 0.337 e. The first kappa shape index (κ1) is 19.7. The van der Waals surface area contributed by atoms with Crippen LogP contribution in [0.2, 0.25) is 0 Å². The number of para-hydroxylation sites is 1. The maximum absolute atomic E-state index is 11.7. The summed E-state index contributed by atoms with van der Waals surface area (Å²) < 4.78 is 7.19. The minimum Gasteiger partial charge on any atom is -0.465 e. The van der Waals surface area contributed by atoms with Crippen molar-refractivity contribution in [2.24, 2.45) is 0 Å². The van der Waals surface area contributed by atoms with Gasteiger partial charge in [0.15, 0.2) is 0 Å². The molecule has 2 heterocycles. The molecule has 0 bridgehead atoms. The zero-order valence-electron chi connectivity index (χ0n) is 17.1. The van der Waals surface area contributed by atoms with E-state index in [2.05, 4.69) is 40.7 Å². The molecule has 2 aromatic carbocycles. The topological polar surface area (TPSA) is 54.7 Å². The van der Waals surface area contributed by atoms with E-state index in [1.54, 1.807) is 0 Å². The van der Waals surface area contributed by atoms with E-state index in [9.17, 15) is 9.90 Å². The lowest BCUT2D eigenvalue weighted by Gasteiger charge is -2.17. The Labute approximate surface area is 171 Å². The third-order valence-corrected chi connectivity index (χ3v) is 6.00. The van der Waals surface area contributed by atoms with E-state index in [0.717, 1.165) is 39.0 Å². The van der Waals surface area contributed by atoms with E-state index >= 15 is 0 Å². The molecule has 1 aliphatic heterocycles. The van der Waals surface area contributed by atoms with Crippen LogP contribution in [0.5, 0.6) is 0 Å². The van der Waals surface area contributed by atoms with Crippen LogP contribution in [0.15, 0.2) is 48.5 Å². The van der Waals surface area contributed by atoms with Crippen molar-refractivity contribution in [2.45, 2.75) is 32.4 Å². The summed E-state index contributed by atoms with van der Waals surface area (Å²) in [6, 6.07) is 16.2. The van der Waals surface area contributed by atoms with Crippen LogP contribution in [0, 0.1) is 6.92 Å². The molecule has 1 aromatic heterocycles. The van der Waals surface area contributed by atoms with Crippen LogP contribution >= 0.6 is 0 Å². The second-order valence-corrected chi connectivity index (χ2v) is 7.84. The third kappa shape index (κ3) is 4.07.